The Morgan fingerprint density at radius 1 is 0.968 bits per heavy atom. The van der Waals surface area contributed by atoms with Gasteiger partial charge in [0.05, 0.1) is 5.56 Å². The maximum absolute atomic E-state index is 12.6. The number of aromatic nitrogens is 1. The summed E-state index contributed by atoms with van der Waals surface area (Å²) in [5.74, 6) is -0.207. The lowest BCUT2D eigenvalue weighted by atomic mass is 10.2. The fourth-order valence-electron chi connectivity index (χ4n) is 2.86. The first-order chi connectivity index (χ1) is 14.7. The molecule has 0 saturated carbocycles. The highest BCUT2D eigenvalue weighted by molar-refractivity contribution is 6.30. The second-order valence-corrected chi connectivity index (χ2v) is 7.14. The number of rotatable bonds is 6. The summed E-state index contributed by atoms with van der Waals surface area (Å²) in [7, 11) is 0. The van der Waals surface area contributed by atoms with Crippen molar-refractivity contribution in [3.8, 4) is 11.6 Å². The minimum atomic E-state index is -4.47. The van der Waals surface area contributed by atoms with Crippen LogP contribution >= 0.6 is 11.6 Å². The number of pyridine rings is 1. The molecule has 0 aliphatic carbocycles. The topological polar surface area (TPSA) is 72.0 Å². The molecule has 1 aromatic heterocycles. The number of nitrogens with zero attached hydrogens (tertiary/aromatic N) is 3. The van der Waals surface area contributed by atoms with E-state index in [0.29, 0.717) is 37.0 Å². The van der Waals surface area contributed by atoms with Gasteiger partial charge in [0.15, 0.2) is 13.2 Å². The van der Waals surface area contributed by atoms with E-state index in [4.69, 9.17) is 16.3 Å². The fourth-order valence-corrected chi connectivity index (χ4v) is 2.98. The monoisotopic (exact) mass is 457 g/mol. The molecule has 0 bridgehead atoms. The molecule has 166 valence electrons. The van der Waals surface area contributed by atoms with Crippen LogP contribution < -0.4 is 9.47 Å². The molecule has 2 heterocycles. The van der Waals surface area contributed by atoms with Crippen molar-refractivity contribution in [3.05, 3.63) is 53.2 Å². The minimum Gasteiger partial charge on any atom is -0.484 e. The van der Waals surface area contributed by atoms with Gasteiger partial charge in [-0.05, 0) is 30.3 Å². The normalized spacial score (nSPS) is 14.3. The molecular formula is C20H19ClF3N3O4. The molecule has 0 unspecified atom stereocenters. The molecule has 1 saturated heterocycles. The molecule has 11 heteroatoms. The molecule has 7 nitrogen and oxygen atoms in total. The molecule has 3 rings (SSSR count). The standard InChI is InChI=1S/C20H19ClF3N3O4/c21-15-2-4-16(5-3-15)30-12-18(28)26-7-9-27(10-8-26)19(29)14-1-6-17(25-11-14)31-13-20(22,23)24/h1-6,11H,7-10,12-13H2. The average Bonchev–Trinajstić information content (AvgIpc) is 2.76. The van der Waals surface area contributed by atoms with E-state index in [0.717, 1.165) is 0 Å². The number of alkyl halides is 3. The van der Waals surface area contributed by atoms with Gasteiger partial charge in [0.25, 0.3) is 11.8 Å². The van der Waals surface area contributed by atoms with Crippen molar-refractivity contribution in [2.45, 2.75) is 6.18 Å². The highest BCUT2D eigenvalue weighted by Crippen LogP contribution is 2.18. The van der Waals surface area contributed by atoms with E-state index >= 15 is 0 Å². The molecule has 1 aromatic carbocycles. The summed E-state index contributed by atoms with van der Waals surface area (Å²) in [4.78, 5) is 31.8. The quantitative estimate of drug-likeness (QED) is 0.666. The van der Waals surface area contributed by atoms with E-state index in [9.17, 15) is 22.8 Å². The fraction of sp³-hybridized carbons (Fsp3) is 0.350. The number of benzene rings is 1. The summed E-state index contributed by atoms with van der Waals surface area (Å²) in [6.07, 6.45) is -3.29. The summed E-state index contributed by atoms with van der Waals surface area (Å²) >= 11 is 5.80. The SMILES string of the molecule is O=C(COc1ccc(Cl)cc1)N1CCN(C(=O)c2ccc(OCC(F)(F)F)nc2)CC1. The number of amides is 2. The van der Waals surface area contributed by atoms with E-state index in [1.807, 2.05) is 0 Å². The summed E-state index contributed by atoms with van der Waals surface area (Å²) in [6.45, 7) is -0.261. The summed E-state index contributed by atoms with van der Waals surface area (Å²) in [6, 6.07) is 9.23. The van der Waals surface area contributed by atoms with Crippen LogP contribution in [0.4, 0.5) is 13.2 Å². The molecule has 1 aliphatic heterocycles. The second kappa shape index (κ2) is 9.86. The third kappa shape index (κ3) is 6.74. The number of hydrogen-bond donors (Lipinski definition) is 0. The molecule has 1 aliphatic rings. The number of ether oxygens (including phenoxy) is 2. The lowest BCUT2D eigenvalue weighted by molar-refractivity contribution is -0.154. The van der Waals surface area contributed by atoms with Gasteiger partial charge in [-0.1, -0.05) is 11.6 Å². The van der Waals surface area contributed by atoms with E-state index in [2.05, 4.69) is 9.72 Å². The Morgan fingerprint density at radius 3 is 2.19 bits per heavy atom. The van der Waals surface area contributed by atoms with Crippen molar-refractivity contribution in [3.63, 3.8) is 0 Å². The first-order valence-electron chi connectivity index (χ1n) is 9.32. The van der Waals surface area contributed by atoms with Gasteiger partial charge in [-0.2, -0.15) is 13.2 Å². The van der Waals surface area contributed by atoms with Crippen LogP contribution in [0.25, 0.3) is 0 Å². The Hall–Kier alpha value is -3.01. The van der Waals surface area contributed by atoms with Crippen LogP contribution in [0.5, 0.6) is 11.6 Å². The molecule has 0 spiro atoms. The molecular weight excluding hydrogens is 439 g/mol. The Bertz CT molecular complexity index is 899. The first kappa shape index (κ1) is 22.7. The maximum atomic E-state index is 12.6. The molecule has 2 amide bonds. The van der Waals surface area contributed by atoms with Gasteiger partial charge >= 0.3 is 6.18 Å². The van der Waals surface area contributed by atoms with E-state index < -0.39 is 12.8 Å². The third-order valence-corrected chi connectivity index (χ3v) is 4.71. The van der Waals surface area contributed by atoms with Crippen LogP contribution in [0, 0.1) is 0 Å². The molecule has 2 aromatic rings. The van der Waals surface area contributed by atoms with Gasteiger partial charge in [0.1, 0.15) is 5.75 Å². The van der Waals surface area contributed by atoms with Crippen molar-refractivity contribution in [2.75, 3.05) is 39.4 Å². The Morgan fingerprint density at radius 2 is 1.61 bits per heavy atom. The summed E-state index contributed by atoms with van der Waals surface area (Å²) < 4.78 is 46.5. The maximum Gasteiger partial charge on any atom is 0.422 e. The predicted octanol–water partition coefficient (Wildman–Crippen LogP) is 3.04. The summed E-state index contributed by atoms with van der Waals surface area (Å²) in [5, 5.41) is 0.568. The van der Waals surface area contributed by atoms with Gasteiger partial charge in [-0.25, -0.2) is 4.98 Å². The van der Waals surface area contributed by atoms with Crippen molar-refractivity contribution >= 4 is 23.4 Å². The number of halogens is 4. The van der Waals surface area contributed by atoms with Crippen LogP contribution in [0.1, 0.15) is 10.4 Å². The van der Waals surface area contributed by atoms with E-state index in [-0.39, 0.29) is 29.9 Å². The summed E-state index contributed by atoms with van der Waals surface area (Å²) in [5.41, 5.74) is 0.227. The smallest absolute Gasteiger partial charge is 0.422 e. The molecule has 31 heavy (non-hydrogen) atoms. The van der Waals surface area contributed by atoms with Gasteiger partial charge < -0.3 is 19.3 Å². The molecule has 0 radical (unpaired) electrons. The van der Waals surface area contributed by atoms with Crippen molar-refractivity contribution in [1.29, 1.82) is 0 Å². The largest absolute Gasteiger partial charge is 0.484 e. The Balaban J connectivity index is 1.45. The number of carbonyl (C=O) groups excluding carboxylic acids is 2. The van der Waals surface area contributed by atoms with Gasteiger partial charge in [-0.15, -0.1) is 0 Å². The number of carbonyl (C=O) groups is 2. The van der Waals surface area contributed by atoms with Crippen molar-refractivity contribution in [1.82, 2.24) is 14.8 Å². The first-order valence-corrected chi connectivity index (χ1v) is 9.70. The van der Waals surface area contributed by atoms with Gasteiger partial charge in [0.2, 0.25) is 5.88 Å². The van der Waals surface area contributed by atoms with Gasteiger partial charge in [0, 0.05) is 43.5 Å². The van der Waals surface area contributed by atoms with Crippen LogP contribution in [0.15, 0.2) is 42.6 Å². The van der Waals surface area contributed by atoms with E-state index in [1.54, 1.807) is 34.1 Å². The van der Waals surface area contributed by atoms with Crippen molar-refractivity contribution < 1.29 is 32.2 Å². The molecule has 0 atom stereocenters. The van der Waals surface area contributed by atoms with Gasteiger partial charge in [-0.3, -0.25) is 9.59 Å². The lowest BCUT2D eigenvalue weighted by Gasteiger charge is -2.34. The highest BCUT2D eigenvalue weighted by atomic mass is 35.5. The Labute approximate surface area is 181 Å². The predicted molar refractivity (Wildman–Crippen MR) is 105 cm³/mol. The highest BCUT2D eigenvalue weighted by Gasteiger charge is 2.29. The third-order valence-electron chi connectivity index (χ3n) is 4.46. The minimum absolute atomic E-state index is 0.126. The van der Waals surface area contributed by atoms with E-state index in [1.165, 1.54) is 18.3 Å². The van der Waals surface area contributed by atoms with Crippen LogP contribution in [0.2, 0.25) is 5.02 Å². The zero-order valence-electron chi connectivity index (χ0n) is 16.3. The molecule has 0 N–H and O–H groups in total. The zero-order valence-corrected chi connectivity index (χ0v) is 17.0. The van der Waals surface area contributed by atoms with Crippen LogP contribution in [0.3, 0.4) is 0 Å². The Kier molecular flexibility index (Phi) is 7.21. The molecule has 1 fully saturated rings. The lowest BCUT2D eigenvalue weighted by Crippen LogP contribution is -2.51. The average molecular weight is 458 g/mol. The van der Waals surface area contributed by atoms with Crippen LogP contribution in [-0.2, 0) is 4.79 Å². The van der Waals surface area contributed by atoms with Crippen LogP contribution in [-0.4, -0.2) is 72.2 Å². The number of piperazine rings is 1. The second-order valence-electron chi connectivity index (χ2n) is 6.70. The number of hydrogen-bond acceptors (Lipinski definition) is 5. The zero-order chi connectivity index (χ0) is 22.4. The van der Waals surface area contributed by atoms with Crippen molar-refractivity contribution in [2.24, 2.45) is 0 Å².